The summed E-state index contributed by atoms with van der Waals surface area (Å²) in [7, 11) is 3.34. The summed E-state index contributed by atoms with van der Waals surface area (Å²) in [4.78, 5) is 14.4. The van der Waals surface area contributed by atoms with Crippen LogP contribution in [0.1, 0.15) is 34.9 Å². The molecule has 1 aromatic carbocycles. The number of rotatable bonds is 5. The molecule has 0 saturated carbocycles. The molecule has 2 aromatic rings. The molecule has 2 heterocycles. The number of carbonyl (C=O) groups is 1. The molecular formula is C17H22FN5O2. The Balaban J connectivity index is 1.65. The average Bonchev–Trinajstić information content (AvgIpc) is 3.10. The Morgan fingerprint density at radius 1 is 1.40 bits per heavy atom. The molecule has 134 valence electrons. The average molecular weight is 347 g/mol. The minimum atomic E-state index is -0.446. The number of benzene rings is 1. The molecule has 0 radical (unpaired) electrons. The number of hydrogen-bond acceptors (Lipinski definition) is 5. The highest BCUT2D eigenvalue weighted by Gasteiger charge is 2.27. The first-order chi connectivity index (χ1) is 12.1. The van der Waals surface area contributed by atoms with Crippen molar-refractivity contribution in [2.75, 3.05) is 27.2 Å². The van der Waals surface area contributed by atoms with Gasteiger partial charge in [0.25, 0.3) is 5.91 Å². The summed E-state index contributed by atoms with van der Waals surface area (Å²) < 4.78 is 20.6. The Labute approximate surface area is 145 Å². The number of carbonyl (C=O) groups excluding carboxylic acids is 1. The molecule has 0 atom stereocenters. The molecule has 1 aromatic heterocycles. The van der Waals surface area contributed by atoms with Crippen molar-refractivity contribution in [3.05, 3.63) is 41.5 Å². The summed E-state index contributed by atoms with van der Waals surface area (Å²) in [5.74, 6) is -0.260. The second-order valence-electron chi connectivity index (χ2n) is 6.09. The quantitative estimate of drug-likeness (QED) is 0.890. The van der Waals surface area contributed by atoms with Gasteiger partial charge in [0.2, 0.25) is 0 Å². The molecule has 1 aliphatic heterocycles. The van der Waals surface area contributed by atoms with Crippen LogP contribution in [0.4, 0.5) is 4.39 Å². The molecule has 1 N–H and O–H groups in total. The predicted octanol–water partition coefficient (Wildman–Crippen LogP) is 1.62. The Morgan fingerprint density at radius 2 is 2.16 bits per heavy atom. The van der Waals surface area contributed by atoms with Gasteiger partial charge in [-0.3, -0.25) is 4.79 Å². The molecule has 8 heteroatoms. The number of methoxy groups -OCH3 is 1. The van der Waals surface area contributed by atoms with Crippen molar-refractivity contribution in [2.45, 2.75) is 25.4 Å². The summed E-state index contributed by atoms with van der Waals surface area (Å²) in [5.41, 5.74) is 1.16. The molecule has 0 spiro atoms. The van der Waals surface area contributed by atoms with Crippen molar-refractivity contribution in [3.8, 4) is 5.75 Å². The lowest BCUT2D eigenvalue weighted by Gasteiger charge is -2.32. The van der Waals surface area contributed by atoms with Gasteiger partial charge in [-0.2, -0.15) is 0 Å². The zero-order valence-electron chi connectivity index (χ0n) is 14.4. The smallest absolute Gasteiger partial charge is 0.257 e. The van der Waals surface area contributed by atoms with E-state index in [0.29, 0.717) is 25.4 Å². The summed E-state index contributed by atoms with van der Waals surface area (Å²) in [6.07, 6.45) is 3.51. The van der Waals surface area contributed by atoms with Crippen LogP contribution in [0.25, 0.3) is 0 Å². The van der Waals surface area contributed by atoms with E-state index in [2.05, 4.69) is 15.6 Å². The van der Waals surface area contributed by atoms with Crippen LogP contribution in [-0.4, -0.2) is 53.0 Å². The minimum absolute atomic E-state index is 0.204. The van der Waals surface area contributed by atoms with E-state index in [0.717, 1.165) is 18.5 Å². The summed E-state index contributed by atoms with van der Waals surface area (Å²) in [5, 5.41) is 11.4. The van der Waals surface area contributed by atoms with Gasteiger partial charge < -0.3 is 15.0 Å². The van der Waals surface area contributed by atoms with Gasteiger partial charge in [-0.05, 0) is 38.1 Å². The van der Waals surface area contributed by atoms with Gasteiger partial charge in [0.05, 0.1) is 30.6 Å². The summed E-state index contributed by atoms with van der Waals surface area (Å²) in [6, 6.07) is 4.22. The highest BCUT2D eigenvalue weighted by Crippen LogP contribution is 2.26. The number of amides is 1. The third-order valence-electron chi connectivity index (χ3n) is 4.43. The van der Waals surface area contributed by atoms with Gasteiger partial charge in [0.1, 0.15) is 11.6 Å². The lowest BCUT2D eigenvalue weighted by Crippen LogP contribution is -2.39. The maximum Gasteiger partial charge on any atom is 0.257 e. The van der Waals surface area contributed by atoms with Crippen LogP contribution in [0, 0.1) is 5.82 Å². The predicted molar refractivity (Wildman–Crippen MR) is 89.9 cm³/mol. The Bertz CT molecular complexity index is 740. The van der Waals surface area contributed by atoms with Gasteiger partial charge in [-0.25, -0.2) is 9.07 Å². The number of ether oxygens (including phenoxy) is 1. The lowest BCUT2D eigenvalue weighted by atomic mass is 10.0. The number of aromatic nitrogens is 3. The van der Waals surface area contributed by atoms with E-state index < -0.39 is 5.82 Å². The number of hydrogen-bond donors (Lipinski definition) is 1. The molecule has 1 amide bonds. The third-order valence-corrected chi connectivity index (χ3v) is 4.43. The first kappa shape index (κ1) is 17.3. The number of piperidine rings is 1. The van der Waals surface area contributed by atoms with Crippen molar-refractivity contribution >= 4 is 5.91 Å². The maximum absolute atomic E-state index is 13.5. The van der Waals surface area contributed by atoms with Crippen LogP contribution in [-0.2, 0) is 6.54 Å². The second kappa shape index (κ2) is 7.60. The number of halogens is 1. The summed E-state index contributed by atoms with van der Waals surface area (Å²) in [6.45, 7) is 1.85. The van der Waals surface area contributed by atoms with E-state index in [9.17, 15) is 9.18 Å². The van der Waals surface area contributed by atoms with Gasteiger partial charge in [0.15, 0.2) is 0 Å². The molecule has 1 saturated heterocycles. The standard InChI is InChI=1S/C17H22FN5O2/c1-19-10-13-11-23(21-20-13)14-5-7-22(8-6-14)17(24)15-9-12(18)3-4-16(15)25-2/h3-4,9,11,14,19H,5-8,10H2,1-2H3. The number of nitrogens with zero attached hydrogens (tertiary/aromatic N) is 4. The Kier molecular flexibility index (Phi) is 5.28. The fraction of sp³-hybridized carbons (Fsp3) is 0.471. The van der Waals surface area contributed by atoms with Crippen molar-refractivity contribution < 1.29 is 13.9 Å². The fourth-order valence-electron chi connectivity index (χ4n) is 3.11. The van der Waals surface area contributed by atoms with Crippen LogP contribution in [0.2, 0.25) is 0 Å². The van der Waals surface area contributed by atoms with E-state index in [-0.39, 0.29) is 17.5 Å². The van der Waals surface area contributed by atoms with Crippen molar-refractivity contribution in [1.29, 1.82) is 0 Å². The molecule has 25 heavy (non-hydrogen) atoms. The molecule has 3 rings (SSSR count). The van der Waals surface area contributed by atoms with E-state index in [1.165, 1.54) is 25.3 Å². The van der Waals surface area contributed by atoms with Crippen LogP contribution in [0.15, 0.2) is 24.4 Å². The molecule has 7 nitrogen and oxygen atoms in total. The Morgan fingerprint density at radius 3 is 2.84 bits per heavy atom. The molecular weight excluding hydrogens is 325 g/mol. The molecule has 0 unspecified atom stereocenters. The van der Waals surface area contributed by atoms with E-state index in [4.69, 9.17) is 4.74 Å². The second-order valence-corrected chi connectivity index (χ2v) is 6.09. The monoisotopic (exact) mass is 347 g/mol. The van der Waals surface area contributed by atoms with Gasteiger partial charge in [-0.1, -0.05) is 5.21 Å². The number of likely N-dealkylation sites (tertiary alicyclic amines) is 1. The first-order valence-electron chi connectivity index (χ1n) is 8.30. The third kappa shape index (κ3) is 3.79. The topological polar surface area (TPSA) is 72.3 Å². The minimum Gasteiger partial charge on any atom is -0.496 e. The number of nitrogens with one attached hydrogen (secondary N) is 1. The highest BCUT2D eigenvalue weighted by atomic mass is 19.1. The zero-order chi connectivity index (χ0) is 17.8. The van der Waals surface area contributed by atoms with Crippen LogP contribution >= 0.6 is 0 Å². The van der Waals surface area contributed by atoms with Crippen molar-refractivity contribution in [3.63, 3.8) is 0 Å². The van der Waals surface area contributed by atoms with Crippen LogP contribution in [0.5, 0.6) is 5.75 Å². The van der Waals surface area contributed by atoms with Gasteiger partial charge in [0, 0.05) is 19.6 Å². The highest BCUT2D eigenvalue weighted by molar-refractivity contribution is 5.97. The summed E-state index contributed by atoms with van der Waals surface area (Å²) >= 11 is 0. The van der Waals surface area contributed by atoms with E-state index in [1.807, 2.05) is 17.9 Å². The first-order valence-corrected chi connectivity index (χ1v) is 8.30. The SMILES string of the molecule is CNCc1cn(C2CCN(C(=O)c3cc(F)ccc3OC)CC2)nn1. The molecule has 0 aliphatic carbocycles. The van der Waals surface area contributed by atoms with Gasteiger partial charge >= 0.3 is 0 Å². The lowest BCUT2D eigenvalue weighted by molar-refractivity contribution is 0.0685. The van der Waals surface area contributed by atoms with E-state index >= 15 is 0 Å². The van der Waals surface area contributed by atoms with Crippen molar-refractivity contribution in [1.82, 2.24) is 25.2 Å². The van der Waals surface area contributed by atoms with E-state index in [1.54, 1.807) is 4.90 Å². The maximum atomic E-state index is 13.5. The normalized spacial score (nSPS) is 15.4. The fourth-order valence-corrected chi connectivity index (χ4v) is 3.11. The molecule has 0 bridgehead atoms. The van der Waals surface area contributed by atoms with Crippen LogP contribution < -0.4 is 10.1 Å². The molecule has 1 fully saturated rings. The zero-order valence-corrected chi connectivity index (χ0v) is 14.4. The van der Waals surface area contributed by atoms with Gasteiger partial charge in [-0.15, -0.1) is 5.10 Å². The molecule has 1 aliphatic rings. The van der Waals surface area contributed by atoms with Crippen LogP contribution in [0.3, 0.4) is 0 Å². The van der Waals surface area contributed by atoms with Crippen molar-refractivity contribution in [2.24, 2.45) is 0 Å². The largest absolute Gasteiger partial charge is 0.496 e. The Hall–Kier alpha value is -2.48.